The summed E-state index contributed by atoms with van der Waals surface area (Å²) >= 11 is 3.35. The number of thioether (sulfide) groups is 1. The molecule has 2 N–H and O–H groups in total. The Labute approximate surface area is 91.1 Å². The molecule has 0 saturated carbocycles. The first kappa shape index (κ1) is 9.68. The quantitative estimate of drug-likeness (QED) is 0.629. The van der Waals surface area contributed by atoms with Crippen LogP contribution in [0.25, 0.3) is 10.1 Å². The van der Waals surface area contributed by atoms with Crippen LogP contribution < -0.4 is 10.5 Å². The highest BCUT2D eigenvalue weighted by molar-refractivity contribution is 7.98. The van der Waals surface area contributed by atoms with Crippen LogP contribution in [0, 0.1) is 0 Å². The standard InChI is InChI=1S/C10H11NOS2/c1-12-8-5-14-9-4-10(13-2)7(11)3-6(8)9/h3-5H,11H2,1-2H3. The average molecular weight is 225 g/mol. The predicted molar refractivity (Wildman–Crippen MR) is 64.6 cm³/mol. The molecule has 0 bridgehead atoms. The van der Waals surface area contributed by atoms with Crippen molar-refractivity contribution in [3.8, 4) is 5.75 Å². The third kappa shape index (κ3) is 1.44. The van der Waals surface area contributed by atoms with Crippen molar-refractivity contribution in [2.45, 2.75) is 4.90 Å². The number of hydrogen-bond acceptors (Lipinski definition) is 4. The van der Waals surface area contributed by atoms with Gasteiger partial charge in [0.2, 0.25) is 0 Å². The van der Waals surface area contributed by atoms with E-state index in [0.29, 0.717) is 0 Å². The van der Waals surface area contributed by atoms with Crippen LogP contribution in [0.1, 0.15) is 0 Å². The lowest BCUT2D eigenvalue weighted by atomic mass is 10.2. The number of fused-ring (bicyclic) bond motifs is 1. The van der Waals surface area contributed by atoms with Crippen LogP contribution in [0.15, 0.2) is 22.4 Å². The molecular weight excluding hydrogens is 214 g/mol. The van der Waals surface area contributed by atoms with E-state index in [1.54, 1.807) is 30.2 Å². The number of methoxy groups -OCH3 is 1. The van der Waals surface area contributed by atoms with E-state index in [9.17, 15) is 0 Å². The zero-order valence-electron chi connectivity index (χ0n) is 8.03. The third-order valence-electron chi connectivity index (χ3n) is 2.11. The molecule has 0 fully saturated rings. The van der Waals surface area contributed by atoms with Gasteiger partial charge >= 0.3 is 0 Å². The highest BCUT2D eigenvalue weighted by atomic mass is 32.2. The Bertz CT molecular complexity index is 464. The van der Waals surface area contributed by atoms with E-state index in [2.05, 4.69) is 6.07 Å². The molecule has 0 aliphatic carbocycles. The molecule has 0 unspecified atom stereocenters. The van der Waals surface area contributed by atoms with Crippen molar-refractivity contribution in [1.29, 1.82) is 0 Å². The number of hydrogen-bond donors (Lipinski definition) is 1. The maximum absolute atomic E-state index is 5.91. The second-order valence-corrected chi connectivity index (χ2v) is 4.65. The Morgan fingerprint density at radius 3 is 2.86 bits per heavy atom. The molecule has 0 aliphatic rings. The zero-order valence-corrected chi connectivity index (χ0v) is 9.67. The molecule has 2 rings (SSSR count). The summed E-state index contributed by atoms with van der Waals surface area (Å²) in [5.41, 5.74) is 6.73. The summed E-state index contributed by atoms with van der Waals surface area (Å²) in [6.07, 6.45) is 2.03. The van der Waals surface area contributed by atoms with Crippen molar-refractivity contribution in [2.24, 2.45) is 0 Å². The Kier molecular flexibility index (Phi) is 2.56. The van der Waals surface area contributed by atoms with Gasteiger partial charge in [0.15, 0.2) is 0 Å². The van der Waals surface area contributed by atoms with Crippen molar-refractivity contribution in [3.05, 3.63) is 17.5 Å². The fourth-order valence-corrected chi connectivity index (χ4v) is 2.92. The number of nitrogen functional groups attached to an aromatic ring is 1. The van der Waals surface area contributed by atoms with E-state index in [4.69, 9.17) is 10.5 Å². The van der Waals surface area contributed by atoms with Crippen LogP contribution in [-0.2, 0) is 0 Å². The van der Waals surface area contributed by atoms with Gasteiger partial charge in [0.25, 0.3) is 0 Å². The van der Waals surface area contributed by atoms with Crippen molar-refractivity contribution in [2.75, 3.05) is 19.1 Å². The van der Waals surface area contributed by atoms with Crippen LogP contribution in [0.2, 0.25) is 0 Å². The summed E-state index contributed by atoms with van der Waals surface area (Å²) in [4.78, 5) is 1.13. The van der Waals surface area contributed by atoms with Crippen molar-refractivity contribution in [1.82, 2.24) is 0 Å². The second kappa shape index (κ2) is 3.71. The summed E-state index contributed by atoms with van der Waals surface area (Å²) in [6, 6.07) is 4.10. The van der Waals surface area contributed by atoms with E-state index in [1.165, 1.54) is 4.70 Å². The summed E-state index contributed by atoms with van der Waals surface area (Å²) in [7, 11) is 1.68. The van der Waals surface area contributed by atoms with Crippen LogP contribution in [-0.4, -0.2) is 13.4 Å². The normalized spacial score (nSPS) is 10.7. The van der Waals surface area contributed by atoms with Crippen molar-refractivity contribution >= 4 is 38.9 Å². The summed E-state index contributed by atoms with van der Waals surface area (Å²) < 4.78 is 6.47. The van der Waals surface area contributed by atoms with Gasteiger partial charge in [-0.2, -0.15) is 0 Å². The lowest BCUT2D eigenvalue weighted by Gasteiger charge is -2.03. The van der Waals surface area contributed by atoms with Crippen LogP contribution in [0.5, 0.6) is 5.75 Å². The minimum absolute atomic E-state index is 0.821. The number of anilines is 1. The van der Waals surface area contributed by atoms with E-state index < -0.39 is 0 Å². The van der Waals surface area contributed by atoms with Crippen LogP contribution in [0.3, 0.4) is 0 Å². The van der Waals surface area contributed by atoms with Crippen molar-refractivity contribution < 1.29 is 4.74 Å². The van der Waals surface area contributed by atoms with Gasteiger partial charge in [0.05, 0.1) is 7.11 Å². The number of thiophene rings is 1. The van der Waals surface area contributed by atoms with Gasteiger partial charge in [-0.1, -0.05) is 0 Å². The molecule has 1 heterocycles. The van der Waals surface area contributed by atoms with Gasteiger partial charge in [-0.3, -0.25) is 0 Å². The lowest BCUT2D eigenvalue weighted by Crippen LogP contribution is -1.88. The summed E-state index contributed by atoms with van der Waals surface area (Å²) in [6.45, 7) is 0. The van der Waals surface area contributed by atoms with Crippen LogP contribution in [0.4, 0.5) is 5.69 Å². The molecule has 14 heavy (non-hydrogen) atoms. The first-order valence-electron chi connectivity index (χ1n) is 4.15. The molecule has 1 aromatic carbocycles. The smallest absolute Gasteiger partial charge is 0.137 e. The lowest BCUT2D eigenvalue weighted by molar-refractivity contribution is 0.421. The van der Waals surface area contributed by atoms with Gasteiger partial charge in [0, 0.05) is 26.0 Å². The number of benzene rings is 1. The highest BCUT2D eigenvalue weighted by Crippen LogP contribution is 2.37. The molecule has 74 valence electrons. The average Bonchev–Trinajstić information content (AvgIpc) is 2.58. The van der Waals surface area contributed by atoms with Crippen molar-refractivity contribution in [3.63, 3.8) is 0 Å². The molecule has 2 aromatic rings. The first-order chi connectivity index (χ1) is 6.76. The van der Waals surface area contributed by atoms with Gasteiger partial charge in [-0.15, -0.1) is 23.1 Å². The Hall–Kier alpha value is -0.870. The topological polar surface area (TPSA) is 35.2 Å². The SMILES string of the molecule is COc1csc2cc(SC)c(N)cc12. The molecule has 0 aliphatic heterocycles. The molecule has 0 atom stereocenters. The van der Waals surface area contributed by atoms with Gasteiger partial charge in [-0.25, -0.2) is 0 Å². The van der Waals surface area contributed by atoms with Crippen LogP contribution >= 0.6 is 23.1 Å². The summed E-state index contributed by atoms with van der Waals surface area (Å²) in [5, 5.41) is 3.11. The van der Waals surface area contributed by atoms with E-state index in [-0.39, 0.29) is 0 Å². The minimum atomic E-state index is 0.821. The Morgan fingerprint density at radius 2 is 2.21 bits per heavy atom. The molecule has 1 aromatic heterocycles. The molecule has 0 amide bonds. The summed E-state index contributed by atoms with van der Waals surface area (Å²) in [5.74, 6) is 0.907. The largest absolute Gasteiger partial charge is 0.495 e. The highest BCUT2D eigenvalue weighted by Gasteiger charge is 2.07. The molecule has 0 radical (unpaired) electrons. The zero-order chi connectivity index (χ0) is 10.1. The molecule has 0 saturated heterocycles. The third-order valence-corrected chi connectivity index (χ3v) is 3.83. The number of rotatable bonds is 2. The van der Waals surface area contributed by atoms with E-state index >= 15 is 0 Å². The Balaban J connectivity index is 2.69. The second-order valence-electron chi connectivity index (χ2n) is 2.89. The molecule has 0 spiro atoms. The minimum Gasteiger partial charge on any atom is -0.495 e. The predicted octanol–water partition coefficient (Wildman–Crippen LogP) is 3.21. The fourth-order valence-electron chi connectivity index (χ4n) is 1.38. The maximum atomic E-state index is 5.91. The first-order valence-corrected chi connectivity index (χ1v) is 6.25. The number of ether oxygens (including phenoxy) is 1. The van der Waals surface area contributed by atoms with E-state index in [1.807, 2.05) is 17.7 Å². The number of nitrogens with two attached hydrogens (primary N) is 1. The molecule has 2 nitrogen and oxygen atoms in total. The fraction of sp³-hybridized carbons (Fsp3) is 0.200. The molecule has 4 heteroatoms. The van der Waals surface area contributed by atoms with Gasteiger partial charge < -0.3 is 10.5 Å². The van der Waals surface area contributed by atoms with E-state index in [0.717, 1.165) is 21.7 Å². The van der Waals surface area contributed by atoms with Gasteiger partial charge in [-0.05, 0) is 18.4 Å². The maximum Gasteiger partial charge on any atom is 0.137 e. The molecular formula is C10H11NOS2. The van der Waals surface area contributed by atoms with Gasteiger partial charge in [0.1, 0.15) is 5.75 Å². The Morgan fingerprint density at radius 1 is 1.43 bits per heavy atom. The monoisotopic (exact) mass is 225 g/mol.